The van der Waals surface area contributed by atoms with Crippen LogP contribution >= 0.6 is 11.1 Å². The average Bonchev–Trinajstić information content (AvgIpc) is 2.82. The molecule has 1 aliphatic rings. The lowest BCUT2D eigenvalue weighted by Gasteiger charge is -2.27. The minimum Gasteiger partial charge on any atom is -0.167 e. The highest BCUT2D eigenvalue weighted by Crippen LogP contribution is 2.49. The Kier molecular flexibility index (Phi) is 4.52. The summed E-state index contributed by atoms with van der Waals surface area (Å²) in [5, 5.41) is 0. The van der Waals surface area contributed by atoms with E-state index in [1.165, 1.54) is 39.0 Å². The second-order valence-electron chi connectivity index (χ2n) is 7.88. The van der Waals surface area contributed by atoms with Gasteiger partial charge in [0.25, 0.3) is 0 Å². The zero-order valence-electron chi connectivity index (χ0n) is 15.6. The molecule has 0 spiro atoms. The first-order valence-electron chi connectivity index (χ1n) is 8.81. The first kappa shape index (κ1) is 17.5. The highest BCUT2D eigenvalue weighted by atomic mass is 35.6. The lowest BCUT2D eigenvalue weighted by Crippen LogP contribution is -2.28. The normalized spacial score (nSPS) is 17.2. The van der Waals surface area contributed by atoms with E-state index >= 15 is 0 Å². The summed E-state index contributed by atoms with van der Waals surface area (Å²) < 4.78 is 0. The molecule has 0 fully saturated rings. The molecule has 1 aliphatic carbocycles. The number of fused-ring (bicyclic) bond motifs is 1. The first-order chi connectivity index (χ1) is 11.2. The molecule has 2 heteroatoms. The summed E-state index contributed by atoms with van der Waals surface area (Å²) >= 11 is 6.93. The predicted molar refractivity (Wildman–Crippen MR) is 110 cm³/mol. The quantitative estimate of drug-likeness (QED) is 0.401. The Bertz CT molecular complexity index is 795. The molecule has 1 atom stereocenters. The maximum atomic E-state index is 6.93. The third-order valence-corrected chi connectivity index (χ3v) is 8.00. The molecule has 0 nitrogen and oxygen atoms in total. The van der Waals surface area contributed by atoms with E-state index in [4.69, 9.17) is 11.1 Å². The molecule has 0 aromatic heterocycles. The fourth-order valence-corrected chi connectivity index (χ4v) is 7.30. The van der Waals surface area contributed by atoms with Crippen molar-refractivity contribution < 1.29 is 0 Å². The highest BCUT2D eigenvalue weighted by Gasteiger charge is 2.38. The van der Waals surface area contributed by atoms with Gasteiger partial charge in [0.15, 0.2) is 7.38 Å². The summed E-state index contributed by atoms with van der Waals surface area (Å²) in [6, 6.07) is 13.2. The van der Waals surface area contributed by atoms with Crippen LogP contribution in [-0.4, -0.2) is 7.38 Å². The highest BCUT2D eigenvalue weighted by molar-refractivity contribution is 7.20. The van der Waals surface area contributed by atoms with E-state index in [0.717, 1.165) is 0 Å². The van der Waals surface area contributed by atoms with Gasteiger partial charge in [-0.05, 0) is 53.1 Å². The van der Waals surface area contributed by atoms with Crippen molar-refractivity contribution >= 4 is 24.5 Å². The standard InChI is InChI=1S/C22H27ClSi/c1-14(2)18-13-20-19(12-15(3)22(20)24(5,6)23)21(16(18)4)17-10-8-7-9-11-17/h7-14,22H,1-6H3. The van der Waals surface area contributed by atoms with Crippen LogP contribution in [0.3, 0.4) is 0 Å². The van der Waals surface area contributed by atoms with E-state index in [2.05, 4.69) is 83.3 Å². The van der Waals surface area contributed by atoms with Crippen LogP contribution in [0.2, 0.25) is 13.1 Å². The van der Waals surface area contributed by atoms with E-state index < -0.39 is 7.38 Å². The van der Waals surface area contributed by atoms with E-state index in [0.29, 0.717) is 11.5 Å². The van der Waals surface area contributed by atoms with Gasteiger partial charge in [-0.2, -0.15) is 11.1 Å². The van der Waals surface area contributed by atoms with Crippen LogP contribution in [0.1, 0.15) is 54.5 Å². The molecule has 24 heavy (non-hydrogen) atoms. The van der Waals surface area contributed by atoms with Crippen molar-refractivity contribution in [2.75, 3.05) is 0 Å². The van der Waals surface area contributed by atoms with Crippen molar-refractivity contribution in [1.29, 1.82) is 0 Å². The van der Waals surface area contributed by atoms with Gasteiger partial charge in [0.2, 0.25) is 0 Å². The fraction of sp³-hybridized carbons (Fsp3) is 0.364. The van der Waals surface area contributed by atoms with Crippen molar-refractivity contribution in [1.82, 2.24) is 0 Å². The summed E-state index contributed by atoms with van der Waals surface area (Å²) in [5.74, 6) is 0.513. The van der Waals surface area contributed by atoms with Gasteiger partial charge in [-0.25, -0.2) is 0 Å². The van der Waals surface area contributed by atoms with Crippen molar-refractivity contribution in [3.8, 4) is 11.1 Å². The summed E-state index contributed by atoms with van der Waals surface area (Å²) in [6.07, 6.45) is 2.39. The molecule has 126 valence electrons. The number of allylic oxidation sites excluding steroid dienone is 1. The molecule has 0 aliphatic heterocycles. The zero-order chi connectivity index (χ0) is 17.6. The fourth-order valence-electron chi connectivity index (χ4n) is 4.28. The Balaban J connectivity index is 2.35. The molecule has 0 saturated carbocycles. The average molecular weight is 355 g/mol. The molecular formula is C22H27ClSi. The zero-order valence-corrected chi connectivity index (χ0v) is 17.3. The summed E-state index contributed by atoms with van der Waals surface area (Å²) in [6.45, 7) is 13.6. The second kappa shape index (κ2) is 6.20. The van der Waals surface area contributed by atoms with Gasteiger partial charge in [0, 0.05) is 5.54 Å². The van der Waals surface area contributed by atoms with Gasteiger partial charge in [-0.3, -0.25) is 0 Å². The Hall–Kier alpha value is -1.31. The number of hydrogen-bond donors (Lipinski definition) is 0. The first-order valence-corrected chi connectivity index (χ1v) is 12.9. The van der Waals surface area contributed by atoms with E-state index in [-0.39, 0.29) is 0 Å². The van der Waals surface area contributed by atoms with E-state index in [1.54, 1.807) is 0 Å². The van der Waals surface area contributed by atoms with Gasteiger partial charge >= 0.3 is 0 Å². The van der Waals surface area contributed by atoms with Gasteiger partial charge < -0.3 is 0 Å². The number of benzene rings is 2. The van der Waals surface area contributed by atoms with Crippen LogP contribution in [0.25, 0.3) is 17.2 Å². The van der Waals surface area contributed by atoms with Gasteiger partial charge in [0.05, 0.1) is 0 Å². The molecule has 0 saturated heterocycles. The number of halogens is 1. The lowest BCUT2D eigenvalue weighted by molar-refractivity contribution is 0.852. The Labute approximate surface area is 152 Å². The number of hydrogen-bond acceptors (Lipinski definition) is 0. The Morgan fingerprint density at radius 2 is 1.67 bits per heavy atom. The number of rotatable bonds is 3. The van der Waals surface area contributed by atoms with Crippen molar-refractivity contribution in [2.45, 2.75) is 52.2 Å². The third kappa shape index (κ3) is 2.89. The molecule has 0 N–H and O–H groups in total. The van der Waals surface area contributed by atoms with E-state index in [9.17, 15) is 0 Å². The smallest absolute Gasteiger partial charge is 0.161 e. The third-order valence-electron chi connectivity index (χ3n) is 5.21. The molecular weight excluding hydrogens is 328 g/mol. The van der Waals surface area contributed by atoms with Crippen molar-refractivity contribution in [3.05, 3.63) is 64.2 Å². The largest absolute Gasteiger partial charge is 0.167 e. The van der Waals surface area contributed by atoms with Crippen LogP contribution in [0.15, 0.2) is 42.0 Å². The van der Waals surface area contributed by atoms with Crippen LogP contribution < -0.4 is 0 Å². The molecule has 0 heterocycles. The molecule has 3 rings (SSSR count). The maximum absolute atomic E-state index is 6.93. The van der Waals surface area contributed by atoms with E-state index in [1.807, 2.05) is 0 Å². The topological polar surface area (TPSA) is 0 Å². The van der Waals surface area contributed by atoms with Gasteiger partial charge in [-0.1, -0.05) is 75.0 Å². The van der Waals surface area contributed by atoms with Crippen molar-refractivity contribution in [3.63, 3.8) is 0 Å². The molecule has 2 aromatic rings. The Morgan fingerprint density at radius 1 is 1.04 bits per heavy atom. The lowest BCUT2D eigenvalue weighted by atomic mass is 9.85. The van der Waals surface area contributed by atoms with Crippen LogP contribution in [0, 0.1) is 6.92 Å². The summed E-state index contributed by atoms with van der Waals surface area (Å²) in [4.78, 5) is 0. The maximum Gasteiger partial charge on any atom is 0.161 e. The molecule has 0 bridgehead atoms. The molecule has 0 radical (unpaired) electrons. The monoisotopic (exact) mass is 354 g/mol. The van der Waals surface area contributed by atoms with Crippen LogP contribution in [-0.2, 0) is 0 Å². The molecule has 1 unspecified atom stereocenters. The second-order valence-corrected chi connectivity index (χ2v) is 14.5. The van der Waals surface area contributed by atoms with Gasteiger partial charge in [-0.15, -0.1) is 0 Å². The SMILES string of the molecule is CC1=Cc2c(cc(C(C)C)c(C)c2-c2ccccc2)C1[Si](C)(C)Cl. The van der Waals surface area contributed by atoms with Gasteiger partial charge in [0.1, 0.15) is 0 Å². The minimum absolute atomic E-state index is 0.412. The minimum atomic E-state index is -1.83. The summed E-state index contributed by atoms with van der Waals surface area (Å²) in [7, 11) is -1.83. The molecule has 0 amide bonds. The van der Waals surface area contributed by atoms with Crippen LogP contribution in [0.4, 0.5) is 0 Å². The van der Waals surface area contributed by atoms with Crippen LogP contribution in [0.5, 0.6) is 0 Å². The van der Waals surface area contributed by atoms with Crippen molar-refractivity contribution in [2.24, 2.45) is 0 Å². The predicted octanol–water partition coefficient (Wildman–Crippen LogP) is 7.27. The Morgan fingerprint density at radius 3 is 2.21 bits per heavy atom. The molecule has 2 aromatic carbocycles. The summed E-state index contributed by atoms with van der Waals surface area (Å²) in [5.41, 5.74) is 10.3.